The summed E-state index contributed by atoms with van der Waals surface area (Å²) in [6.45, 7) is 4.86. The molecule has 156 valence electrons. The van der Waals surface area contributed by atoms with Crippen LogP contribution < -0.4 is 0 Å². The molecule has 1 aromatic rings. The second-order valence-electron chi connectivity index (χ2n) is 11.1. The van der Waals surface area contributed by atoms with Crippen molar-refractivity contribution in [3.8, 4) is 11.8 Å². The van der Waals surface area contributed by atoms with Crippen molar-refractivity contribution >= 4 is 0 Å². The van der Waals surface area contributed by atoms with Crippen LogP contribution in [0.4, 0.5) is 0 Å². The summed E-state index contributed by atoms with van der Waals surface area (Å²) in [7, 11) is 0. The molecular formula is C27H36O2. The van der Waals surface area contributed by atoms with Gasteiger partial charge in [-0.3, -0.25) is 0 Å². The van der Waals surface area contributed by atoms with E-state index in [1.165, 1.54) is 25.7 Å². The quantitative estimate of drug-likeness (QED) is 0.598. The van der Waals surface area contributed by atoms with Gasteiger partial charge in [-0.25, -0.2) is 0 Å². The van der Waals surface area contributed by atoms with E-state index in [0.717, 1.165) is 49.5 Å². The lowest BCUT2D eigenvalue weighted by molar-refractivity contribution is -0.144. The highest BCUT2D eigenvalue weighted by Crippen LogP contribution is 2.68. The van der Waals surface area contributed by atoms with Crippen molar-refractivity contribution in [2.45, 2.75) is 83.3 Å². The fourth-order valence-electron chi connectivity index (χ4n) is 8.15. The van der Waals surface area contributed by atoms with Crippen molar-refractivity contribution in [1.82, 2.24) is 0 Å². The molecule has 0 heterocycles. The first kappa shape index (κ1) is 19.7. The van der Waals surface area contributed by atoms with Gasteiger partial charge in [0.1, 0.15) is 5.60 Å². The van der Waals surface area contributed by atoms with Gasteiger partial charge in [0.05, 0.1) is 6.10 Å². The maximum Gasteiger partial charge on any atom is 0.131 e. The zero-order chi connectivity index (χ0) is 20.3. The van der Waals surface area contributed by atoms with Gasteiger partial charge in [-0.15, -0.1) is 0 Å². The highest BCUT2D eigenvalue weighted by atomic mass is 16.3. The second kappa shape index (κ2) is 6.86. The topological polar surface area (TPSA) is 40.5 Å². The molecule has 0 bridgehead atoms. The molecule has 0 aromatic heterocycles. The van der Waals surface area contributed by atoms with Gasteiger partial charge in [-0.1, -0.05) is 43.9 Å². The summed E-state index contributed by atoms with van der Waals surface area (Å²) in [6.07, 6.45) is 9.86. The maximum atomic E-state index is 11.7. The summed E-state index contributed by atoms with van der Waals surface area (Å²) in [5.74, 6) is 9.40. The van der Waals surface area contributed by atoms with Crippen LogP contribution in [0.5, 0.6) is 0 Å². The maximum absolute atomic E-state index is 11.7. The van der Waals surface area contributed by atoms with Crippen LogP contribution in [0.1, 0.15) is 77.2 Å². The third-order valence-corrected chi connectivity index (χ3v) is 9.98. The molecular weight excluding hydrogens is 356 g/mol. The molecule has 4 aliphatic rings. The molecule has 0 saturated heterocycles. The van der Waals surface area contributed by atoms with Crippen LogP contribution in [0.15, 0.2) is 30.3 Å². The van der Waals surface area contributed by atoms with Gasteiger partial charge in [0.15, 0.2) is 0 Å². The molecule has 0 unspecified atom stereocenters. The van der Waals surface area contributed by atoms with Crippen molar-refractivity contribution in [3.63, 3.8) is 0 Å². The van der Waals surface area contributed by atoms with E-state index < -0.39 is 5.60 Å². The lowest BCUT2D eigenvalue weighted by Gasteiger charge is -2.61. The van der Waals surface area contributed by atoms with Gasteiger partial charge in [0.25, 0.3) is 0 Å². The van der Waals surface area contributed by atoms with E-state index in [1.807, 2.05) is 30.3 Å². The fraction of sp³-hybridized carbons (Fsp3) is 0.704. The molecule has 4 fully saturated rings. The highest BCUT2D eigenvalue weighted by molar-refractivity contribution is 5.38. The molecule has 4 aliphatic carbocycles. The standard InChI is InChI=1S/C27H36O2/c1-25-14-11-21(28)18-20(25)8-9-22-23(25)12-15-26(2)24(22)13-17-27(26,29)16-10-19-6-4-3-5-7-19/h3-7,20-24,28-29H,8-9,11-15,17-18H2,1-2H3/t20-,21-,22+,23-,24+,25+,26+,27+/m0/s1. The van der Waals surface area contributed by atoms with Gasteiger partial charge in [-0.05, 0) is 99.0 Å². The Hall–Kier alpha value is -1.30. The van der Waals surface area contributed by atoms with Crippen LogP contribution in [0.2, 0.25) is 0 Å². The SMILES string of the molecule is C[C@@]12CC[C@H](O)C[C@@H]1CC[C@H]1[C@H]3CC[C@](O)(C#Cc4ccccc4)[C@]3(C)CC[C@@H]12. The molecule has 29 heavy (non-hydrogen) atoms. The van der Waals surface area contributed by atoms with E-state index >= 15 is 0 Å². The third-order valence-electron chi connectivity index (χ3n) is 9.98. The molecule has 0 radical (unpaired) electrons. The van der Waals surface area contributed by atoms with E-state index in [0.29, 0.717) is 17.3 Å². The van der Waals surface area contributed by atoms with E-state index in [1.54, 1.807) is 0 Å². The smallest absolute Gasteiger partial charge is 0.131 e. The Morgan fingerprint density at radius 3 is 2.45 bits per heavy atom. The highest BCUT2D eigenvalue weighted by Gasteiger charge is 2.64. The van der Waals surface area contributed by atoms with Gasteiger partial charge in [0, 0.05) is 11.0 Å². The van der Waals surface area contributed by atoms with Crippen molar-refractivity contribution < 1.29 is 10.2 Å². The van der Waals surface area contributed by atoms with Crippen LogP contribution in [0, 0.1) is 46.3 Å². The zero-order valence-corrected chi connectivity index (χ0v) is 18.0. The van der Waals surface area contributed by atoms with Gasteiger partial charge in [-0.2, -0.15) is 0 Å². The Kier molecular flexibility index (Phi) is 4.65. The van der Waals surface area contributed by atoms with Crippen molar-refractivity contribution in [2.24, 2.45) is 34.5 Å². The molecule has 2 nitrogen and oxygen atoms in total. The van der Waals surface area contributed by atoms with Crippen LogP contribution >= 0.6 is 0 Å². The number of hydrogen-bond acceptors (Lipinski definition) is 2. The van der Waals surface area contributed by atoms with Crippen LogP contribution in [0.3, 0.4) is 0 Å². The van der Waals surface area contributed by atoms with Gasteiger partial charge >= 0.3 is 0 Å². The third kappa shape index (κ3) is 2.92. The Labute approximate surface area is 176 Å². The Morgan fingerprint density at radius 2 is 1.66 bits per heavy atom. The molecule has 2 heteroatoms. The summed E-state index contributed by atoms with van der Waals surface area (Å²) in [5.41, 5.74) is 0.433. The van der Waals surface area contributed by atoms with Crippen molar-refractivity contribution in [1.29, 1.82) is 0 Å². The first-order valence-corrected chi connectivity index (χ1v) is 11.8. The van der Waals surface area contributed by atoms with Crippen LogP contribution in [-0.2, 0) is 0 Å². The minimum Gasteiger partial charge on any atom is -0.393 e. The number of benzene rings is 1. The van der Waals surface area contributed by atoms with E-state index in [-0.39, 0.29) is 11.5 Å². The molecule has 2 N–H and O–H groups in total. The van der Waals surface area contributed by atoms with Gasteiger partial charge in [0.2, 0.25) is 0 Å². The average Bonchev–Trinajstić information content (AvgIpc) is 2.99. The summed E-state index contributed by atoms with van der Waals surface area (Å²) in [4.78, 5) is 0. The summed E-state index contributed by atoms with van der Waals surface area (Å²) in [5, 5.41) is 21.9. The fourth-order valence-corrected chi connectivity index (χ4v) is 8.15. The number of rotatable bonds is 0. The molecule has 0 spiro atoms. The van der Waals surface area contributed by atoms with Crippen molar-refractivity contribution in [3.05, 3.63) is 35.9 Å². The molecule has 1 aromatic carbocycles. The second-order valence-corrected chi connectivity index (χ2v) is 11.1. The Balaban J connectivity index is 1.42. The first-order chi connectivity index (χ1) is 13.9. The largest absolute Gasteiger partial charge is 0.393 e. The predicted octanol–water partition coefficient (Wildman–Crippen LogP) is 5.17. The summed E-state index contributed by atoms with van der Waals surface area (Å²) >= 11 is 0. The van der Waals surface area contributed by atoms with E-state index in [2.05, 4.69) is 25.7 Å². The molecule has 5 rings (SSSR count). The lowest BCUT2D eigenvalue weighted by atomic mass is 9.44. The van der Waals surface area contributed by atoms with Crippen LogP contribution in [-0.4, -0.2) is 21.9 Å². The predicted molar refractivity (Wildman–Crippen MR) is 116 cm³/mol. The molecule has 0 amide bonds. The minimum atomic E-state index is -0.862. The summed E-state index contributed by atoms with van der Waals surface area (Å²) in [6, 6.07) is 10.1. The Bertz CT molecular complexity index is 822. The normalized spacial score (nSPS) is 48.6. The van der Waals surface area contributed by atoms with Gasteiger partial charge < -0.3 is 10.2 Å². The average molecular weight is 393 g/mol. The zero-order valence-electron chi connectivity index (χ0n) is 18.0. The van der Waals surface area contributed by atoms with Crippen molar-refractivity contribution in [2.75, 3.05) is 0 Å². The first-order valence-electron chi connectivity index (χ1n) is 11.8. The summed E-state index contributed by atoms with van der Waals surface area (Å²) < 4.78 is 0. The number of fused-ring (bicyclic) bond motifs is 5. The molecule has 8 atom stereocenters. The monoisotopic (exact) mass is 392 g/mol. The van der Waals surface area contributed by atoms with Crippen LogP contribution in [0.25, 0.3) is 0 Å². The van der Waals surface area contributed by atoms with E-state index in [4.69, 9.17) is 0 Å². The number of hydrogen-bond donors (Lipinski definition) is 2. The molecule has 4 saturated carbocycles. The lowest BCUT2D eigenvalue weighted by Crippen LogP contribution is -2.56. The number of aliphatic hydroxyl groups excluding tert-OH is 1. The number of aliphatic hydroxyl groups is 2. The van der Waals surface area contributed by atoms with E-state index in [9.17, 15) is 10.2 Å². The minimum absolute atomic E-state index is 0.0803. The molecule has 0 aliphatic heterocycles. The Morgan fingerprint density at radius 1 is 0.897 bits per heavy atom.